The van der Waals surface area contributed by atoms with Crippen molar-refractivity contribution in [2.75, 3.05) is 18.1 Å². The number of nitrogens with zero attached hydrogens (tertiary/aromatic N) is 2. The number of carbonyl (C=O) groups excluding carboxylic acids is 1. The van der Waals surface area contributed by atoms with Crippen LogP contribution in [0, 0.1) is 17.7 Å². The molecule has 1 amide bonds. The molecule has 0 aliphatic carbocycles. The monoisotopic (exact) mass is 556 g/mol. The summed E-state index contributed by atoms with van der Waals surface area (Å²) in [6, 6.07) is 9.79. The minimum Gasteiger partial charge on any atom is -0.493 e. The molecular weight excluding hydrogens is 523 g/mol. The number of halogens is 1. The molecule has 2 aromatic heterocycles. The molecule has 11 heteroatoms. The Morgan fingerprint density at radius 3 is 2.64 bits per heavy atom. The van der Waals surface area contributed by atoms with E-state index in [1.54, 1.807) is 6.07 Å². The van der Waals surface area contributed by atoms with Crippen LogP contribution in [0.3, 0.4) is 0 Å². The van der Waals surface area contributed by atoms with Crippen LogP contribution in [0.25, 0.3) is 11.3 Å². The Morgan fingerprint density at radius 2 is 2.00 bits per heavy atom. The van der Waals surface area contributed by atoms with Crippen LogP contribution in [-0.4, -0.2) is 43.0 Å². The van der Waals surface area contributed by atoms with Crippen LogP contribution in [0.1, 0.15) is 51.4 Å². The summed E-state index contributed by atoms with van der Waals surface area (Å²) in [6.45, 7) is 11.1. The van der Waals surface area contributed by atoms with Crippen molar-refractivity contribution in [2.45, 2.75) is 51.5 Å². The molecule has 1 aliphatic heterocycles. The van der Waals surface area contributed by atoms with Crippen LogP contribution in [0.5, 0.6) is 5.75 Å². The van der Waals surface area contributed by atoms with Crippen LogP contribution in [0.15, 0.2) is 58.4 Å². The minimum absolute atomic E-state index is 0.0181. The van der Waals surface area contributed by atoms with Gasteiger partial charge in [-0.15, -0.1) is 0 Å². The summed E-state index contributed by atoms with van der Waals surface area (Å²) >= 11 is 0. The number of pyridine rings is 2. The fraction of sp³-hybridized carbons (Fsp3) is 0.393. The summed E-state index contributed by atoms with van der Waals surface area (Å²) in [5.41, 5.74) is -0.362. The predicted octanol–water partition coefficient (Wildman–Crippen LogP) is 4.35. The molecule has 1 aromatic carbocycles. The topological polar surface area (TPSA) is 121 Å². The lowest BCUT2D eigenvalue weighted by Gasteiger charge is -2.34. The van der Waals surface area contributed by atoms with E-state index in [1.807, 2.05) is 37.3 Å². The molecule has 4 rings (SSSR count). The van der Waals surface area contributed by atoms with Crippen molar-refractivity contribution in [3.63, 3.8) is 0 Å². The summed E-state index contributed by atoms with van der Waals surface area (Å²) < 4.78 is 48.0. The largest absolute Gasteiger partial charge is 0.493 e. The zero-order valence-electron chi connectivity index (χ0n) is 22.6. The number of hydrogen-bond donors (Lipinski definition) is 2. The number of hydrogen-bond acceptors (Lipinski definition) is 7. The number of benzene rings is 1. The first-order chi connectivity index (χ1) is 18.3. The average Bonchev–Trinajstić information content (AvgIpc) is 3.13. The van der Waals surface area contributed by atoms with Crippen molar-refractivity contribution in [3.8, 4) is 17.0 Å². The van der Waals surface area contributed by atoms with Gasteiger partial charge in [0, 0.05) is 29.9 Å². The molecule has 0 radical (unpaired) electrons. The number of carbonyl (C=O) groups is 1. The molecule has 0 unspecified atom stereocenters. The third-order valence-corrected chi connectivity index (χ3v) is 7.85. The highest BCUT2D eigenvalue weighted by Gasteiger charge is 2.39. The second-order valence-electron chi connectivity index (χ2n) is 11.0. The first-order valence-electron chi connectivity index (χ1n) is 12.7. The van der Waals surface area contributed by atoms with Gasteiger partial charge in [0.15, 0.2) is 4.90 Å². The fourth-order valence-electron chi connectivity index (χ4n) is 4.86. The summed E-state index contributed by atoms with van der Waals surface area (Å²) in [4.78, 5) is 33.9. The Bertz CT molecular complexity index is 1550. The van der Waals surface area contributed by atoms with Crippen molar-refractivity contribution >= 4 is 21.7 Å². The third-order valence-electron chi connectivity index (χ3n) is 6.50. The summed E-state index contributed by atoms with van der Waals surface area (Å²) in [6.07, 6.45) is 2.12. The lowest BCUT2D eigenvalue weighted by Crippen LogP contribution is -2.41. The van der Waals surface area contributed by atoms with E-state index in [0.29, 0.717) is 30.2 Å². The molecule has 1 saturated heterocycles. The number of aromatic amines is 1. The molecule has 1 atom stereocenters. The van der Waals surface area contributed by atoms with Crippen LogP contribution in [0.4, 0.5) is 10.2 Å². The molecule has 9 nitrogen and oxygen atoms in total. The summed E-state index contributed by atoms with van der Waals surface area (Å²) in [5.74, 6) is -0.253. The van der Waals surface area contributed by atoms with E-state index in [-0.39, 0.29) is 28.8 Å². The average molecular weight is 557 g/mol. The second kappa shape index (κ2) is 10.8. The molecule has 2 N–H and O–H groups in total. The molecule has 3 aromatic rings. The highest BCUT2D eigenvalue weighted by Crippen LogP contribution is 2.38. The first kappa shape index (κ1) is 28.3. The number of sulfonamides is 1. The van der Waals surface area contributed by atoms with Crippen LogP contribution >= 0.6 is 0 Å². The van der Waals surface area contributed by atoms with Crippen molar-refractivity contribution in [2.24, 2.45) is 11.8 Å². The molecule has 1 fully saturated rings. The normalized spacial score (nSPS) is 16.9. The van der Waals surface area contributed by atoms with Gasteiger partial charge < -0.3 is 14.6 Å². The number of ether oxygens (including phenoxy) is 1. The van der Waals surface area contributed by atoms with E-state index in [4.69, 9.17) is 9.72 Å². The Morgan fingerprint density at radius 1 is 1.26 bits per heavy atom. The molecule has 0 bridgehead atoms. The molecule has 3 heterocycles. The number of H-pyrrole nitrogens is 1. The maximum atomic E-state index is 14.5. The summed E-state index contributed by atoms with van der Waals surface area (Å²) in [5, 5.41) is 0. The maximum absolute atomic E-state index is 14.5. The van der Waals surface area contributed by atoms with Gasteiger partial charge in [0.25, 0.3) is 21.5 Å². The van der Waals surface area contributed by atoms with Crippen LogP contribution in [-0.2, 0) is 10.0 Å². The van der Waals surface area contributed by atoms with E-state index < -0.39 is 32.2 Å². The molecule has 208 valence electrons. The lowest BCUT2D eigenvalue weighted by atomic mass is 9.97. The SMILES string of the molecule is CC(C)COc1cc(F)cc(-c2ccc(C(=O)NS(=O)(=O)c3ccc[nH]c3=O)c(N3C[C@@H](C)CC3(C)C)n2)c1. The van der Waals surface area contributed by atoms with E-state index in [9.17, 15) is 22.4 Å². The Balaban J connectivity index is 1.78. The molecule has 0 spiro atoms. The van der Waals surface area contributed by atoms with E-state index in [0.717, 1.165) is 12.5 Å². The number of nitrogens with one attached hydrogen (secondary N) is 2. The fourth-order valence-corrected chi connectivity index (χ4v) is 5.88. The quantitative estimate of drug-likeness (QED) is 0.423. The Hall–Kier alpha value is -3.73. The van der Waals surface area contributed by atoms with Crippen LogP contribution in [0.2, 0.25) is 0 Å². The molecule has 0 saturated carbocycles. The highest BCUT2D eigenvalue weighted by molar-refractivity contribution is 7.90. The van der Waals surface area contributed by atoms with Crippen LogP contribution < -0.4 is 19.9 Å². The van der Waals surface area contributed by atoms with Gasteiger partial charge in [-0.05, 0) is 68.5 Å². The van der Waals surface area contributed by atoms with E-state index >= 15 is 0 Å². The van der Waals surface area contributed by atoms with Gasteiger partial charge >= 0.3 is 0 Å². The Labute approximate surface area is 227 Å². The van der Waals surface area contributed by atoms with Crippen molar-refractivity contribution in [1.29, 1.82) is 0 Å². The van der Waals surface area contributed by atoms with Gasteiger partial charge in [0.1, 0.15) is 17.4 Å². The number of rotatable bonds is 8. The van der Waals surface area contributed by atoms with Gasteiger partial charge in [-0.3, -0.25) is 9.59 Å². The predicted molar refractivity (Wildman–Crippen MR) is 147 cm³/mol. The minimum atomic E-state index is -4.46. The number of amides is 1. The van der Waals surface area contributed by atoms with E-state index in [2.05, 4.69) is 11.9 Å². The van der Waals surface area contributed by atoms with Crippen molar-refractivity contribution in [1.82, 2.24) is 14.7 Å². The zero-order chi connectivity index (χ0) is 28.5. The van der Waals surface area contributed by atoms with Crippen molar-refractivity contribution in [3.05, 3.63) is 70.4 Å². The standard InChI is InChI=1S/C28H33FN4O5S/c1-17(2)16-38-21-12-19(11-20(29)13-21)23-9-8-22(25(31-23)33-15-18(3)14-28(33,4)5)26(34)32-39(36,37)24-7-6-10-30-27(24)35/h6-13,17-18H,14-16H2,1-5H3,(H,30,35)(H,32,34)/t18-/m0/s1. The molecular formula is C28H33FN4O5S. The number of anilines is 1. The summed E-state index contributed by atoms with van der Waals surface area (Å²) in [7, 11) is -4.46. The smallest absolute Gasteiger partial charge is 0.269 e. The zero-order valence-corrected chi connectivity index (χ0v) is 23.4. The molecule has 1 aliphatic rings. The molecule has 39 heavy (non-hydrogen) atoms. The lowest BCUT2D eigenvalue weighted by molar-refractivity contribution is 0.0981. The Kier molecular flexibility index (Phi) is 7.83. The second-order valence-corrected chi connectivity index (χ2v) is 12.6. The van der Waals surface area contributed by atoms with Gasteiger partial charge in [-0.25, -0.2) is 22.5 Å². The first-order valence-corrected chi connectivity index (χ1v) is 14.2. The third kappa shape index (κ3) is 6.30. The number of aromatic nitrogens is 2. The van der Waals surface area contributed by atoms with Gasteiger partial charge in [0.05, 0.1) is 17.9 Å². The van der Waals surface area contributed by atoms with Crippen molar-refractivity contribution < 1.29 is 22.3 Å². The van der Waals surface area contributed by atoms with Gasteiger partial charge in [-0.2, -0.15) is 0 Å². The highest BCUT2D eigenvalue weighted by atomic mass is 32.2. The van der Waals surface area contributed by atoms with Gasteiger partial charge in [0.2, 0.25) is 0 Å². The van der Waals surface area contributed by atoms with E-state index in [1.165, 1.54) is 36.5 Å². The van der Waals surface area contributed by atoms with Gasteiger partial charge in [-0.1, -0.05) is 20.8 Å². The maximum Gasteiger partial charge on any atom is 0.269 e.